The summed E-state index contributed by atoms with van der Waals surface area (Å²) in [6.45, 7) is 11.6. The Morgan fingerprint density at radius 3 is 2.55 bits per heavy atom. The van der Waals surface area contributed by atoms with Crippen LogP contribution in [0.1, 0.15) is 54.4 Å². The highest BCUT2D eigenvalue weighted by molar-refractivity contribution is 7.17. The van der Waals surface area contributed by atoms with Crippen LogP contribution < -0.4 is 15.4 Å². The maximum Gasteiger partial charge on any atom is 0.410 e. The number of methoxy groups -OCH3 is 1. The Kier molecular flexibility index (Phi) is 7.84. The van der Waals surface area contributed by atoms with E-state index < -0.39 is 5.60 Å². The van der Waals surface area contributed by atoms with E-state index >= 15 is 0 Å². The van der Waals surface area contributed by atoms with Crippen LogP contribution in [0, 0.1) is 19.8 Å². The molecule has 9 heteroatoms. The third kappa shape index (κ3) is 6.60. The van der Waals surface area contributed by atoms with Crippen molar-refractivity contribution in [3.8, 4) is 5.75 Å². The molecule has 3 rings (SSSR count). The van der Waals surface area contributed by atoms with Crippen LogP contribution in [0.3, 0.4) is 0 Å². The fraction of sp³-hybridized carbons (Fsp3) is 0.542. The zero-order valence-corrected chi connectivity index (χ0v) is 21.1. The Morgan fingerprint density at radius 2 is 1.91 bits per heavy atom. The van der Waals surface area contributed by atoms with Crippen molar-refractivity contribution < 1.29 is 19.1 Å². The van der Waals surface area contributed by atoms with Crippen molar-refractivity contribution in [1.82, 2.24) is 9.88 Å². The average molecular weight is 475 g/mol. The number of carbonyl (C=O) groups is 2. The van der Waals surface area contributed by atoms with Crippen LogP contribution in [0.25, 0.3) is 0 Å². The van der Waals surface area contributed by atoms with Crippen LogP contribution in [-0.4, -0.2) is 54.2 Å². The molecule has 1 aliphatic rings. The quantitative estimate of drug-likeness (QED) is 0.607. The minimum atomic E-state index is -0.478. The SMILES string of the molecule is COc1ccc(C)c(NC(=O)c2cnc(NCC3CCN(C(=O)OC(C)(C)C)CC3)s2)c1C. The van der Waals surface area contributed by atoms with Crippen LogP contribution >= 0.6 is 11.3 Å². The van der Waals surface area contributed by atoms with Gasteiger partial charge in [0.25, 0.3) is 5.91 Å². The number of carbonyl (C=O) groups excluding carboxylic acids is 2. The van der Waals surface area contributed by atoms with Crippen LogP contribution in [-0.2, 0) is 4.74 Å². The van der Waals surface area contributed by atoms with Gasteiger partial charge < -0.3 is 25.0 Å². The number of nitrogens with one attached hydrogen (secondary N) is 2. The fourth-order valence-corrected chi connectivity index (χ4v) is 4.47. The number of benzene rings is 1. The van der Waals surface area contributed by atoms with Crippen LogP contribution in [0.2, 0.25) is 0 Å². The first kappa shape index (κ1) is 24.8. The van der Waals surface area contributed by atoms with E-state index in [2.05, 4.69) is 15.6 Å². The number of thiazole rings is 1. The summed E-state index contributed by atoms with van der Waals surface area (Å²) in [5, 5.41) is 7.06. The first-order chi connectivity index (χ1) is 15.6. The molecule has 33 heavy (non-hydrogen) atoms. The van der Waals surface area contributed by atoms with Gasteiger partial charge in [-0.15, -0.1) is 0 Å². The Hall–Kier alpha value is -2.81. The van der Waals surface area contributed by atoms with Gasteiger partial charge in [0.05, 0.1) is 19.0 Å². The zero-order chi connectivity index (χ0) is 24.2. The van der Waals surface area contributed by atoms with E-state index in [4.69, 9.17) is 9.47 Å². The zero-order valence-electron chi connectivity index (χ0n) is 20.3. The monoisotopic (exact) mass is 474 g/mol. The van der Waals surface area contributed by atoms with Gasteiger partial charge in [-0.25, -0.2) is 9.78 Å². The molecular weight excluding hydrogens is 440 g/mol. The minimum absolute atomic E-state index is 0.189. The topological polar surface area (TPSA) is 92.8 Å². The van der Waals surface area contributed by atoms with Crippen molar-refractivity contribution in [2.75, 3.05) is 37.4 Å². The van der Waals surface area contributed by atoms with Gasteiger partial charge >= 0.3 is 6.09 Å². The summed E-state index contributed by atoms with van der Waals surface area (Å²) in [5.74, 6) is 0.984. The van der Waals surface area contributed by atoms with Gasteiger partial charge in [0.2, 0.25) is 0 Å². The van der Waals surface area contributed by atoms with Crippen molar-refractivity contribution >= 4 is 34.2 Å². The molecule has 1 aromatic carbocycles. The number of hydrogen-bond donors (Lipinski definition) is 2. The molecule has 0 atom stereocenters. The number of ether oxygens (including phenoxy) is 2. The lowest BCUT2D eigenvalue weighted by Crippen LogP contribution is -2.42. The smallest absolute Gasteiger partial charge is 0.410 e. The van der Waals surface area contributed by atoms with Gasteiger partial charge in [-0.1, -0.05) is 17.4 Å². The first-order valence-corrected chi connectivity index (χ1v) is 12.0. The molecule has 0 spiro atoms. The van der Waals surface area contributed by atoms with Crippen molar-refractivity contribution in [1.29, 1.82) is 0 Å². The first-order valence-electron chi connectivity index (χ1n) is 11.2. The molecule has 8 nitrogen and oxygen atoms in total. The number of aryl methyl sites for hydroxylation is 1. The predicted octanol–water partition coefficient (Wildman–Crippen LogP) is 5.08. The highest BCUT2D eigenvalue weighted by atomic mass is 32.1. The van der Waals surface area contributed by atoms with Crippen molar-refractivity contribution in [2.24, 2.45) is 5.92 Å². The summed E-state index contributed by atoms with van der Waals surface area (Å²) >= 11 is 1.33. The fourth-order valence-electron chi connectivity index (χ4n) is 3.76. The van der Waals surface area contributed by atoms with E-state index in [0.717, 1.165) is 42.0 Å². The molecule has 1 fully saturated rings. The molecule has 1 saturated heterocycles. The summed E-state index contributed by atoms with van der Waals surface area (Å²) in [7, 11) is 1.62. The van der Waals surface area contributed by atoms with Crippen molar-refractivity contribution in [3.05, 3.63) is 34.3 Å². The summed E-state index contributed by atoms with van der Waals surface area (Å²) in [5.41, 5.74) is 2.15. The molecule has 1 aromatic heterocycles. The number of anilines is 2. The number of nitrogens with zero attached hydrogens (tertiary/aromatic N) is 2. The summed E-state index contributed by atoms with van der Waals surface area (Å²) in [4.78, 5) is 31.7. The van der Waals surface area contributed by atoms with Crippen molar-refractivity contribution in [3.63, 3.8) is 0 Å². The van der Waals surface area contributed by atoms with E-state index in [1.165, 1.54) is 11.3 Å². The molecular formula is C24H34N4O4S. The van der Waals surface area contributed by atoms with Crippen molar-refractivity contribution in [2.45, 2.75) is 53.1 Å². The van der Waals surface area contributed by atoms with Gasteiger partial charge in [0.15, 0.2) is 5.13 Å². The Labute approximate surface area is 199 Å². The van der Waals surface area contributed by atoms with Gasteiger partial charge in [-0.2, -0.15) is 0 Å². The van der Waals surface area contributed by atoms with E-state index in [1.54, 1.807) is 18.2 Å². The minimum Gasteiger partial charge on any atom is -0.496 e. The number of rotatable bonds is 6. The molecule has 2 amide bonds. The third-order valence-electron chi connectivity index (χ3n) is 5.62. The second-order valence-electron chi connectivity index (χ2n) is 9.36. The molecule has 0 unspecified atom stereocenters. The lowest BCUT2D eigenvalue weighted by atomic mass is 9.97. The lowest BCUT2D eigenvalue weighted by molar-refractivity contribution is 0.0188. The Morgan fingerprint density at radius 1 is 1.21 bits per heavy atom. The van der Waals surface area contributed by atoms with Gasteiger partial charge in [-0.05, 0) is 65.0 Å². The second-order valence-corrected chi connectivity index (χ2v) is 10.4. The molecule has 2 heterocycles. The molecule has 0 aliphatic carbocycles. The highest BCUT2D eigenvalue weighted by Gasteiger charge is 2.27. The van der Waals surface area contributed by atoms with Crippen LogP contribution in [0.15, 0.2) is 18.3 Å². The number of aromatic nitrogens is 1. The maximum atomic E-state index is 12.8. The molecule has 180 valence electrons. The standard InChI is InChI=1S/C24H34N4O4S/c1-15-7-8-18(31-6)16(2)20(15)27-21(29)19-14-26-22(33-19)25-13-17-9-11-28(12-10-17)23(30)32-24(3,4)5/h7-8,14,17H,9-13H2,1-6H3,(H,25,26)(H,27,29). The molecule has 0 radical (unpaired) electrons. The second kappa shape index (κ2) is 10.4. The summed E-state index contributed by atoms with van der Waals surface area (Å²) in [6, 6.07) is 3.82. The van der Waals surface area contributed by atoms with E-state index in [9.17, 15) is 9.59 Å². The molecule has 1 aliphatic heterocycles. The van der Waals surface area contributed by atoms with E-state index in [0.29, 0.717) is 29.0 Å². The van der Waals surface area contributed by atoms with Crippen LogP contribution in [0.5, 0.6) is 5.75 Å². The Balaban J connectivity index is 1.50. The largest absolute Gasteiger partial charge is 0.496 e. The number of amides is 2. The summed E-state index contributed by atoms with van der Waals surface area (Å²) in [6.07, 6.45) is 3.16. The number of hydrogen-bond acceptors (Lipinski definition) is 7. The third-order valence-corrected chi connectivity index (χ3v) is 6.57. The predicted molar refractivity (Wildman–Crippen MR) is 132 cm³/mol. The van der Waals surface area contributed by atoms with E-state index in [1.807, 2.05) is 46.8 Å². The number of likely N-dealkylation sites (tertiary alicyclic amines) is 1. The van der Waals surface area contributed by atoms with Gasteiger partial charge in [-0.3, -0.25) is 4.79 Å². The average Bonchev–Trinajstić information content (AvgIpc) is 3.23. The molecule has 0 bridgehead atoms. The lowest BCUT2D eigenvalue weighted by Gasteiger charge is -2.33. The maximum absolute atomic E-state index is 12.8. The summed E-state index contributed by atoms with van der Waals surface area (Å²) < 4.78 is 10.8. The number of piperidine rings is 1. The molecule has 0 saturated carbocycles. The van der Waals surface area contributed by atoms with E-state index in [-0.39, 0.29) is 12.0 Å². The Bertz CT molecular complexity index is 991. The van der Waals surface area contributed by atoms with Gasteiger partial charge in [0.1, 0.15) is 16.2 Å². The molecule has 2 N–H and O–H groups in total. The highest BCUT2D eigenvalue weighted by Crippen LogP contribution is 2.30. The van der Waals surface area contributed by atoms with Gasteiger partial charge in [0, 0.05) is 25.2 Å². The molecule has 2 aromatic rings. The van der Waals surface area contributed by atoms with Crippen LogP contribution in [0.4, 0.5) is 15.6 Å². The normalized spacial score (nSPS) is 14.7.